The smallest absolute Gasteiger partial charge is 0.224 e. The van der Waals surface area contributed by atoms with Crippen LogP contribution in [-0.4, -0.2) is 80.9 Å². The minimum atomic E-state index is 0.150. The number of rotatable bonds is 7. The van der Waals surface area contributed by atoms with Gasteiger partial charge in [-0.05, 0) is 55.9 Å². The summed E-state index contributed by atoms with van der Waals surface area (Å²) in [6.45, 7) is 6.35. The Morgan fingerprint density at radius 1 is 1.11 bits per heavy atom. The molecule has 5 rings (SSSR count). The van der Waals surface area contributed by atoms with Gasteiger partial charge in [0.05, 0.1) is 22.4 Å². The summed E-state index contributed by atoms with van der Waals surface area (Å²) in [4.78, 5) is 21.0. The van der Waals surface area contributed by atoms with Crippen molar-refractivity contribution in [1.82, 2.24) is 29.0 Å². The zero-order valence-electron chi connectivity index (χ0n) is 21.1. The number of carbonyl (C=O) groups excluding carboxylic acids is 1. The highest BCUT2D eigenvalue weighted by Gasteiger charge is 2.18. The number of nitrogens with zero attached hydrogens (tertiary/aromatic N) is 7. The van der Waals surface area contributed by atoms with Gasteiger partial charge in [-0.25, -0.2) is 0 Å². The molecular weight excluding hydrogens is 488 g/mol. The molecule has 1 aromatic carbocycles. The number of fused-ring (bicyclic) bond motifs is 3. The second kappa shape index (κ2) is 10.7. The first kappa shape index (κ1) is 25.0. The Kier molecular flexibility index (Phi) is 7.25. The third-order valence-corrected chi connectivity index (χ3v) is 7.03. The van der Waals surface area contributed by atoms with Crippen molar-refractivity contribution in [3.05, 3.63) is 70.6 Å². The van der Waals surface area contributed by atoms with Crippen molar-refractivity contribution in [3.63, 3.8) is 0 Å². The van der Waals surface area contributed by atoms with Gasteiger partial charge in [-0.3, -0.25) is 14.2 Å². The molecule has 1 amide bonds. The van der Waals surface area contributed by atoms with E-state index in [1.165, 1.54) is 0 Å². The number of hydrogen-bond acceptors (Lipinski definition) is 6. The van der Waals surface area contributed by atoms with E-state index in [9.17, 15) is 4.79 Å². The van der Waals surface area contributed by atoms with Gasteiger partial charge in [0.2, 0.25) is 5.91 Å². The van der Waals surface area contributed by atoms with E-state index >= 15 is 0 Å². The number of aliphatic imine (C=N–C) groups is 1. The zero-order chi connectivity index (χ0) is 25.9. The number of nitrogens with two attached hydrogens (primary N) is 1. The summed E-state index contributed by atoms with van der Waals surface area (Å²) >= 11 is 6.25. The number of hydrogen-bond donors (Lipinski definition) is 1. The summed E-state index contributed by atoms with van der Waals surface area (Å²) in [6.07, 6.45) is 3.88. The van der Waals surface area contributed by atoms with Gasteiger partial charge in [0.15, 0.2) is 5.65 Å². The fourth-order valence-electron chi connectivity index (χ4n) is 4.74. The first-order valence-corrected chi connectivity index (χ1v) is 12.8. The maximum Gasteiger partial charge on any atom is 0.224 e. The summed E-state index contributed by atoms with van der Waals surface area (Å²) in [5.41, 5.74) is 11.8. The number of amides is 1. The van der Waals surface area contributed by atoms with E-state index in [0.717, 1.165) is 59.9 Å². The van der Waals surface area contributed by atoms with Gasteiger partial charge in [0, 0.05) is 56.9 Å². The predicted molar refractivity (Wildman–Crippen MR) is 148 cm³/mol. The molecule has 10 heteroatoms. The molecule has 3 aromatic heterocycles. The summed E-state index contributed by atoms with van der Waals surface area (Å²) in [5.74, 6) is 0.957. The van der Waals surface area contributed by atoms with E-state index in [-0.39, 0.29) is 5.91 Å². The summed E-state index contributed by atoms with van der Waals surface area (Å²) in [5, 5.41) is 9.18. The molecule has 192 valence electrons. The van der Waals surface area contributed by atoms with Crippen LogP contribution in [0.15, 0.2) is 53.5 Å². The molecule has 0 bridgehead atoms. The fourth-order valence-corrected chi connectivity index (χ4v) is 4.95. The lowest BCUT2D eigenvalue weighted by atomic mass is 10.2. The maximum absolute atomic E-state index is 12.4. The van der Waals surface area contributed by atoms with Crippen LogP contribution in [0.25, 0.3) is 22.4 Å². The zero-order valence-corrected chi connectivity index (χ0v) is 21.9. The number of allylic oxidation sites excluding steroid dienone is 1. The van der Waals surface area contributed by atoms with Crippen LogP contribution in [-0.2, 0) is 11.3 Å². The molecule has 4 heterocycles. The third-order valence-electron chi connectivity index (χ3n) is 6.79. The number of pyridine rings is 1. The summed E-state index contributed by atoms with van der Waals surface area (Å²) in [7, 11) is 2.08. The molecule has 0 radical (unpaired) electrons. The Labute approximate surface area is 220 Å². The van der Waals surface area contributed by atoms with Gasteiger partial charge >= 0.3 is 0 Å². The van der Waals surface area contributed by atoms with E-state index in [1.54, 1.807) is 12.3 Å². The van der Waals surface area contributed by atoms with Crippen LogP contribution in [0.5, 0.6) is 0 Å². The Hall–Kier alpha value is -3.69. The van der Waals surface area contributed by atoms with Crippen molar-refractivity contribution < 1.29 is 4.79 Å². The molecule has 9 nitrogen and oxygen atoms in total. The van der Waals surface area contributed by atoms with Gasteiger partial charge in [-0.2, -0.15) is 0 Å². The number of halogens is 1. The molecule has 0 atom stereocenters. The number of benzene rings is 1. The van der Waals surface area contributed by atoms with Gasteiger partial charge in [0.25, 0.3) is 0 Å². The topological polar surface area (TPSA) is 97.0 Å². The third kappa shape index (κ3) is 5.38. The fraction of sp³-hybridized carbons (Fsp3) is 0.333. The Morgan fingerprint density at radius 2 is 1.92 bits per heavy atom. The summed E-state index contributed by atoms with van der Waals surface area (Å²) in [6, 6.07) is 13.9. The number of aromatic nitrogens is 4. The highest BCUT2D eigenvalue weighted by atomic mass is 35.5. The van der Waals surface area contributed by atoms with E-state index in [0.29, 0.717) is 30.2 Å². The van der Waals surface area contributed by atoms with E-state index in [4.69, 9.17) is 17.3 Å². The van der Waals surface area contributed by atoms with Crippen molar-refractivity contribution >= 4 is 46.1 Å². The van der Waals surface area contributed by atoms with E-state index in [1.807, 2.05) is 52.6 Å². The maximum atomic E-state index is 12.4. The van der Waals surface area contributed by atoms with Gasteiger partial charge < -0.3 is 20.1 Å². The van der Waals surface area contributed by atoms with Crippen molar-refractivity contribution in [2.24, 2.45) is 10.7 Å². The van der Waals surface area contributed by atoms with Crippen molar-refractivity contribution in [3.8, 4) is 0 Å². The first-order valence-electron chi connectivity index (χ1n) is 12.4. The average molecular weight is 519 g/mol. The number of aryl methyl sites for hydroxylation is 1. The number of carbonyl (C=O) groups is 1. The first-order chi connectivity index (χ1) is 17.9. The average Bonchev–Trinajstić information content (AvgIpc) is 3.44. The normalized spacial score (nSPS) is 15.4. The molecule has 0 aliphatic carbocycles. The van der Waals surface area contributed by atoms with Gasteiger partial charge in [0.1, 0.15) is 5.82 Å². The number of likely N-dealkylation sites (N-methyl/N-ethyl adjacent to an activating group) is 1. The lowest BCUT2D eigenvalue weighted by Gasteiger charge is -2.32. The van der Waals surface area contributed by atoms with Crippen LogP contribution in [0.4, 0.5) is 0 Å². The molecule has 0 spiro atoms. The molecular formula is C27H31ClN8O. The Bertz CT molecular complexity index is 1490. The van der Waals surface area contributed by atoms with Gasteiger partial charge in [-0.15, -0.1) is 10.2 Å². The van der Waals surface area contributed by atoms with Crippen molar-refractivity contribution in [2.75, 3.05) is 39.8 Å². The lowest BCUT2D eigenvalue weighted by Crippen LogP contribution is -2.47. The Morgan fingerprint density at radius 3 is 2.70 bits per heavy atom. The molecule has 1 saturated heterocycles. The molecule has 4 aromatic rings. The van der Waals surface area contributed by atoms with Crippen molar-refractivity contribution in [1.29, 1.82) is 0 Å². The standard InChI is InChI=1S/C27H31ClN8O/c1-19-31-32-26-7-6-23-25(36(19)26)17-24(35(23)18-20-4-3-5-21(28)16-20)22(29)8-10-30-11-9-27(37)34-14-12-33(2)13-15-34/h3-8,10,16-17H,9,11-15,18,29H2,1-2H3. The van der Waals surface area contributed by atoms with E-state index < -0.39 is 0 Å². The molecule has 0 saturated carbocycles. The SMILES string of the molecule is Cc1nnc2ccc3c(cc(C(N)=CC=NCCC(=O)N4CCN(C)CC4)n3Cc3cccc(Cl)c3)n12. The monoisotopic (exact) mass is 518 g/mol. The van der Waals surface area contributed by atoms with Crippen LogP contribution in [0, 0.1) is 6.92 Å². The lowest BCUT2D eigenvalue weighted by molar-refractivity contribution is -0.132. The highest BCUT2D eigenvalue weighted by Crippen LogP contribution is 2.26. The molecule has 37 heavy (non-hydrogen) atoms. The van der Waals surface area contributed by atoms with Crippen LogP contribution >= 0.6 is 11.6 Å². The van der Waals surface area contributed by atoms with Gasteiger partial charge in [-0.1, -0.05) is 23.7 Å². The minimum Gasteiger partial charge on any atom is -0.397 e. The van der Waals surface area contributed by atoms with Crippen LogP contribution in [0.1, 0.15) is 23.5 Å². The second-order valence-corrected chi connectivity index (χ2v) is 9.84. The van der Waals surface area contributed by atoms with Crippen LogP contribution < -0.4 is 5.73 Å². The summed E-state index contributed by atoms with van der Waals surface area (Å²) < 4.78 is 4.19. The van der Waals surface area contributed by atoms with Crippen LogP contribution in [0.3, 0.4) is 0 Å². The molecule has 2 N–H and O–H groups in total. The van der Waals surface area contributed by atoms with E-state index in [2.05, 4.69) is 37.8 Å². The molecule has 0 unspecified atom stereocenters. The van der Waals surface area contributed by atoms with Crippen LogP contribution in [0.2, 0.25) is 5.02 Å². The Balaban J connectivity index is 1.39. The molecule has 1 aliphatic heterocycles. The molecule has 1 aliphatic rings. The van der Waals surface area contributed by atoms with Crippen molar-refractivity contribution in [2.45, 2.75) is 19.9 Å². The predicted octanol–water partition coefficient (Wildman–Crippen LogP) is 3.23. The quantitative estimate of drug-likeness (QED) is 0.379. The largest absolute Gasteiger partial charge is 0.397 e. The molecule has 1 fully saturated rings. The minimum absolute atomic E-state index is 0.150. The highest BCUT2D eigenvalue weighted by molar-refractivity contribution is 6.30. The number of piperazine rings is 1. The second-order valence-electron chi connectivity index (χ2n) is 9.40.